The van der Waals surface area contributed by atoms with E-state index >= 15 is 0 Å². The standard InChI is InChI=1S/C63H112O12/c1-4-7-10-13-16-19-22-25-26-27-28-29-30-33-34-37-40-43-46-49-55(64)71-52-54(73-56(65)50-47-44-41-38-35-31-23-20-17-14-11-8-5-2)53-72-63-61(59(68)58(67)60(75-63)62(69)70)74-57(66)51-48-45-42-39-36-32-24-21-18-15-12-9-6-3/h11,14,20,23,25-26,54,58-61,63,67-68H,4-10,12-13,15-19,21-22,24,27-53H2,1-3H3,(H,69,70)/b14-11-,23-20-,26-25-. The minimum atomic E-state index is -1.90. The largest absolute Gasteiger partial charge is 0.479 e. The van der Waals surface area contributed by atoms with Crippen LogP contribution in [0.4, 0.5) is 0 Å². The van der Waals surface area contributed by atoms with Gasteiger partial charge in [0, 0.05) is 19.3 Å². The Balaban J connectivity index is 2.65. The van der Waals surface area contributed by atoms with Crippen LogP contribution in [0.5, 0.6) is 0 Å². The molecule has 0 spiro atoms. The molecule has 1 aliphatic rings. The summed E-state index contributed by atoms with van der Waals surface area (Å²) in [7, 11) is 0. The lowest BCUT2D eigenvalue weighted by Crippen LogP contribution is -2.61. The summed E-state index contributed by atoms with van der Waals surface area (Å²) >= 11 is 0. The van der Waals surface area contributed by atoms with Crippen LogP contribution >= 0.6 is 0 Å². The Bertz CT molecular complexity index is 1450. The second-order valence-corrected chi connectivity index (χ2v) is 21.3. The van der Waals surface area contributed by atoms with Crippen LogP contribution < -0.4 is 0 Å². The number of aliphatic hydroxyl groups excluding tert-OH is 2. The van der Waals surface area contributed by atoms with Crippen LogP contribution in [0.1, 0.15) is 290 Å². The fourth-order valence-electron chi connectivity index (χ4n) is 9.40. The van der Waals surface area contributed by atoms with Crippen LogP contribution in [0.15, 0.2) is 36.5 Å². The van der Waals surface area contributed by atoms with Gasteiger partial charge in [-0.15, -0.1) is 0 Å². The minimum absolute atomic E-state index is 0.0636. The fourth-order valence-corrected chi connectivity index (χ4v) is 9.40. The molecule has 1 rings (SSSR count). The lowest BCUT2D eigenvalue weighted by Gasteiger charge is -2.40. The van der Waals surface area contributed by atoms with Crippen LogP contribution in [0.2, 0.25) is 0 Å². The molecule has 6 atom stereocenters. The molecule has 6 unspecified atom stereocenters. The van der Waals surface area contributed by atoms with Crippen molar-refractivity contribution < 1.29 is 58.2 Å². The van der Waals surface area contributed by atoms with Crippen molar-refractivity contribution in [2.24, 2.45) is 0 Å². The third-order valence-corrected chi connectivity index (χ3v) is 14.2. The predicted molar refractivity (Wildman–Crippen MR) is 303 cm³/mol. The number of esters is 3. The summed E-state index contributed by atoms with van der Waals surface area (Å²) in [5.74, 6) is -3.11. The fraction of sp³-hybridized carbons (Fsp3) is 0.841. The number of carbonyl (C=O) groups is 4. The molecule has 3 N–H and O–H groups in total. The molecule has 436 valence electrons. The first kappa shape index (κ1) is 70.0. The molecule has 0 amide bonds. The molecule has 0 aliphatic carbocycles. The van der Waals surface area contributed by atoms with Gasteiger partial charge in [0.2, 0.25) is 0 Å². The number of hydrogen-bond acceptors (Lipinski definition) is 11. The zero-order chi connectivity index (χ0) is 54.7. The molecule has 1 heterocycles. The number of carboxylic acids is 1. The maximum Gasteiger partial charge on any atom is 0.335 e. The molecule has 75 heavy (non-hydrogen) atoms. The van der Waals surface area contributed by atoms with Gasteiger partial charge in [0.1, 0.15) is 18.8 Å². The molecule has 0 aromatic carbocycles. The summed E-state index contributed by atoms with van der Waals surface area (Å²) in [5, 5.41) is 31.5. The summed E-state index contributed by atoms with van der Waals surface area (Å²) in [6.45, 7) is 5.93. The second-order valence-electron chi connectivity index (χ2n) is 21.3. The Labute approximate surface area is 457 Å². The summed E-state index contributed by atoms with van der Waals surface area (Å²) < 4.78 is 28.5. The molecule has 1 fully saturated rings. The van der Waals surface area contributed by atoms with Crippen molar-refractivity contribution in [2.45, 2.75) is 327 Å². The monoisotopic (exact) mass is 1060 g/mol. The van der Waals surface area contributed by atoms with E-state index in [4.69, 9.17) is 23.7 Å². The first-order valence-corrected chi connectivity index (χ1v) is 31.0. The van der Waals surface area contributed by atoms with Crippen LogP contribution in [-0.2, 0) is 42.9 Å². The third-order valence-electron chi connectivity index (χ3n) is 14.2. The second kappa shape index (κ2) is 51.7. The zero-order valence-electron chi connectivity index (χ0n) is 48.1. The molecule has 12 heteroatoms. The van der Waals surface area contributed by atoms with Crippen molar-refractivity contribution >= 4 is 23.9 Å². The number of aliphatic carboxylic acids is 1. The van der Waals surface area contributed by atoms with E-state index in [1.165, 1.54) is 135 Å². The molecular formula is C63H112O12. The summed E-state index contributed by atoms with van der Waals surface area (Å²) in [4.78, 5) is 51.1. The number of aliphatic hydroxyl groups is 2. The number of unbranched alkanes of at least 4 members (excludes halogenated alkanes) is 33. The van der Waals surface area contributed by atoms with Crippen molar-refractivity contribution in [3.8, 4) is 0 Å². The number of hydrogen-bond donors (Lipinski definition) is 3. The van der Waals surface area contributed by atoms with Gasteiger partial charge in [-0.25, -0.2) is 4.79 Å². The molecule has 0 bridgehead atoms. The van der Waals surface area contributed by atoms with E-state index in [9.17, 15) is 34.5 Å². The number of carboxylic acid groups (broad SMARTS) is 1. The highest BCUT2D eigenvalue weighted by Crippen LogP contribution is 2.27. The predicted octanol–water partition coefficient (Wildman–Crippen LogP) is 16.0. The molecule has 0 aromatic rings. The topological polar surface area (TPSA) is 175 Å². The van der Waals surface area contributed by atoms with E-state index in [0.29, 0.717) is 19.3 Å². The minimum Gasteiger partial charge on any atom is -0.479 e. The van der Waals surface area contributed by atoms with Crippen LogP contribution in [0, 0.1) is 0 Å². The Morgan fingerprint density at radius 3 is 1.27 bits per heavy atom. The first-order chi connectivity index (χ1) is 36.6. The van der Waals surface area contributed by atoms with Crippen molar-refractivity contribution in [3.05, 3.63) is 36.5 Å². The van der Waals surface area contributed by atoms with Crippen molar-refractivity contribution in [1.29, 1.82) is 0 Å². The highest BCUT2D eigenvalue weighted by atomic mass is 16.7. The Morgan fingerprint density at radius 1 is 0.440 bits per heavy atom. The smallest absolute Gasteiger partial charge is 0.335 e. The highest BCUT2D eigenvalue weighted by molar-refractivity contribution is 5.74. The number of ether oxygens (including phenoxy) is 5. The number of rotatable bonds is 53. The maximum absolute atomic E-state index is 13.1. The maximum atomic E-state index is 13.1. The van der Waals surface area contributed by atoms with E-state index < -0.39 is 67.3 Å². The van der Waals surface area contributed by atoms with Crippen LogP contribution in [0.25, 0.3) is 0 Å². The van der Waals surface area contributed by atoms with E-state index in [1.54, 1.807) is 0 Å². The molecule has 12 nitrogen and oxygen atoms in total. The van der Waals surface area contributed by atoms with Gasteiger partial charge in [-0.3, -0.25) is 14.4 Å². The zero-order valence-corrected chi connectivity index (χ0v) is 48.1. The summed E-state index contributed by atoms with van der Waals surface area (Å²) in [6, 6.07) is 0. The van der Waals surface area contributed by atoms with E-state index in [1.807, 2.05) is 0 Å². The van der Waals surface area contributed by atoms with Gasteiger partial charge in [0.05, 0.1) is 6.61 Å². The van der Waals surface area contributed by atoms with Crippen LogP contribution in [0.3, 0.4) is 0 Å². The van der Waals surface area contributed by atoms with Crippen LogP contribution in [-0.4, -0.2) is 89.2 Å². The lowest BCUT2D eigenvalue weighted by molar-refractivity contribution is -0.301. The Kier molecular flexibility index (Phi) is 48.2. The quantitative estimate of drug-likeness (QED) is 0.0228. The Hall–Kier alpha value is -3.06. The van der Waals surface area contributed by atoms with E-state index in [-0.39, 0.29) is 25.9 Å². The highest BCUT2D eigenvalue weighted by Gasteiger charge is 2.50. The molecule has 1 saturated heterocycles. The van der Waals surface area contributed by atoms with Gasteiger partial charge in [-0.1, -0.05) is 237 Å². The van der Waals surface area contributed by atoms with Gasteiger partial charge < -0.3 is 39.0 Å². The normalized spacial score (nSPS) is 18.3. The van der Waals surface area contributed by atoms with Gasteiger partial charge >= 0.3 is 23.9 Å². The average molecular weight is 1060 g/mol. The van der Waals surface area contributed by atoms with Crippen molar-refractivity contribution in [2.75, 3.05) is 13.2 Å². The summed E-state index contributed by atoms with van der Waals surface area (Å²) in [5.41, 5.74) is 0. The van der Waals surface area contributed by atoms with E-state index in [0.717, 1.165) is 96.3 Å². The average Bonchev–Trinajstić information content (AvgIpc) is 3.39. The molecule has 0 aromatic heterocycles. The molecular weight excluding hydrogens is 949 g/mol. The third kappa shape index (κ3) is 41.7. The molecule has 0 saturated carbocycles. The van der Waals surface area contributed by atoms with Gasteiger partial charge in [-0.05, 0) is 70.6 Å². The van der Waals surface area contributed by atoms with Crippen molar-refractivity contribution in [1.82, 2.24) is 0 Å². The van der Waals surface area contributed by atoms with E-state index in [2.05, 4.69) is 57.2 Å². The van der Waals surface area contributed by atoms with Gasteiger partial charge in [0.25, 0.3) is 0 Å². The number of carbonyl (C=O) groups excluding carboxylic acids is 3. The molecule has 1 aliphatic heterocycles. The SMILES string of the molecule is CCC/C=C\C/C=C\CCCCCCCC(=O)OC(COC(=O)CCCCCCCCCCC/C=C\CCCCCCCC)COC1OC(C(=O)O)C(O)C(O)C1OC(=O)CCCCCCCCCCCCCCC. The number of allylic oxidation sites excluding steroid dienone is 6. The Morgan fingerprint density at radius 2 is 0.827 bits per heavy atom. The lowest BCUT2D eigenvalue weighted by atomic mass is 9.98. The van der Waals surface area contributed by atoms with Crippen molar-refractivity contribution in [3.63, 3.8) is 0 Å². The van der Waals surface area contributed by atoms with Gasteiger partial charge in [0.15, 0.2) is 24.6 Å². The first-order valence-electron chi connectivity index (χ1n) is 31.0. The summed E-state index contributed by atoms with van der Waals surface area (Å²) in [6.07, 6.45) is 48.3. The molecule has 0 radical (unpaired) electrons. The van der Waals surface area contributed by atoms with Gasteiger partial charge in [-0.2, -0.15) is 0 Å².